The zero-order chi connectivity index (χ0) is 14.8. The highest BCUT2D eigenvalue weighted by Crippen LogP contribution is 2.44. The van der Waals surface area contributed by atoms with Crippen LogP contribution in [0.15, 0.2) is 24.3 Å². The third-order valence-electron chi connectivity index (χ3n) is 4.54. The molecule has 0 aliphatic heterocycles. The molecule has 2 bridgehead atoms. The number of thiocarbonyl (C=S) groups is 1. The number of anilines is 1. The number of hydrogen-bond donors (Lipinski definition) is 2. The van der Waals surface area contributed by atoms with E-state index in [0.717, 1.165) is 28.4 Å². The Bertz CT molecular complexity index is 500. The predicted octanol–water partition coefficient (Wildman–Crippen LogP) is 3.95. The van der Waals surface area contributed by atoms with Crippen LogP contribution in [0.25, 0.3) is 0 Å². The molecule has 2 N–H and O–H groups in total. The summed E-state index contributed by atoms with van der Waals surface area (Å²) in [4.78, 5) is 0. The summed E-state index contributed by atoms with van der Waals surface area (Å²) in [6, 6.07) is 8.54. The van der Waals surface area contributed by atoms with Crippen LogP contribution in [0.2, 0.25) is 0 Å². The summed E-state index contributed by atoms with van der Waals surface area (Å²) in [5.74, 6) is 2.65. The van der Waals surface area contributed by atoms with Crippen LogP contribution in [-0.4, -0.2) is 17.3 Å². The monoisotopic (exact) mass is 304 g/mol. The maximum atomic E-state index is 5.64. The molecule has 4 heteroatoms. The molecule has 0 heterocycles. The van der Waals surface area contributed by atoms with Crippen LogP contribution in [0.3, 0.4) is 0 Å². The number of rotatable bonds is 4. The van der Waals surface area contributed by atoms with Crippen LogP contribution in [0.4, 0.5) is 5.69 Å². The maximum Gasteiger partial charge on any atom is 0.171 e. The first-order valence-electron chi connectivity index (χ1n) is 7.94. The predicted molar refractivity (Wildman–Crippen MR) is 90.8 cm³/mol. The Morgan fingerprint density at radius 2 is 1.95 bits per heavy atom. The quantitative estimate of drug-likeness (QED) is 0.825. The van der Waals surface area contributed by atoms with E-state index in [9.17, 15) is 0 Å². The minimum Gasteiger partial charge on any atom is -0.491 e. The van der Waals surface area contributed by atoms with Gasteiger partial charge >= 0.3 is 0 Å². The van der Waals surface area contributed by atoms with Gasteiger partial charge in [-0.3, -0.25) is 0 Å². The Hall–Kier alpha value is -1.29. The molecule has 1 aromatic rings. The molecule has 0 radical (unpaired) electrons. The molecule has 2 aliphatic carbocycles. The molecule has 3 nitrogen and oxygen atoms in total. The molecule has 2 aliphatic rings. The molecule has 1 aromatic carbocycles. The van der Waals surface area contributed by atoms with Gasteiger partial charge in [0.2, 0.25) is 0 Å². The Morgan fingerprint density at radius 1 is 1.19 bits per heavy atom. The fourth-order valence-electron chi connectivity index (χ4n) is 3.65. The first-order chi connectivity index (χ1) is 10.1. The van der Waals surface area contributed by atoms with Crippen LogP contribution in [0.1, 0.15) is 39.5 Å². The lowest BCUT2D eigenvalue weighted by Gasteiger charge is -2.24. The molecule has 2 fully saturated rings. The lowest BCUT2D eigenvalue weighted by Crippen LogP contribution is -2.40. The van der Waals surface area contributed by atoms with Crippen molar-refractivity contribution >= 4 is 23.0 Å². The fourth-order valence-corrected chi connectivity index (χ4v) is 3.92. The second-order valence-corrected chi connectivity index (χ2v) is 6.98. The molecule has 0 saturated heterocycles. The molecular weight excluding hydrogens is 280 g/mol. The van der Waals surface area contributed by atoms with Gasteiger partial charge in [0.1, 0.15) is 5.75 Å². The van der Waals surface area contributed by atoms with E-state index in [4.69, 9.17) is 17.0 Å². The van der Waals surface area contributed by atoms with Crippen molar-refractivity contribution in [2.75, 3.05) is 5.32 Å². The van der Waals surface area contributed by atoms with Crippen molar-refractivity contribution in [1.29, 1.82) is 0 Å². The van der Waals surface area contributed by atoms with Crippen molar-refractivity contribution in [2.24, 2.45) is 11.8 Å². The smallest absolute Gasteiger partial charge is 0.171 e. The van der Waals surface area contributed by atoms with E-state index in [2.05, 4.69) is 10.6 Å². The minimum atomic E-state index is 0.198. The van der Waals surface area contributed by atoms with E-state index in [1.54, 1.807) is 0 Å². The molecular formula is C17H24N2OS. The third kappa shape index (κ3) is 3.67. The van der Waals surface area contributed by atoms with E-state index >= 15 is 0 Å². The molecule has 3 atom stereocenters. The molecule has 0 amide bonds. The van der Waals surface area contributed by atoms with Gasteiger partial charge < -0.3 is 15.4 Å². The van der Waals surface area contributed by atoms with E-state index in [1.807, 2.05) is 38.1 Å². The summed E-state index contributed by atoms with van der Waals surface area (Å²) < 4.78 is 5.64. The van der Waals surface area contributed by atoms with Gasteiger partial charge in [0.25, 0.3) is 0 Å². The van der Waals surface area contributed by atoms with Gasteiger partial charge in [-0.2, -0.15) is 0 Å². The Morgan fingerprint density at radius 3 is 2.52 bits per heavy atom. The largest absolute Gasteiger partial charge is 0.491 e. The lowest BCUT2D eigenvalue weighted by atomic mass is 9.96. The van der Waals surface area contributed by atoms with Gasteiger partial charge in [0, 0.05) is 11.7 Å². The van der Waals surface area contributed by atoms with Crippen LogP contribution in [0.5, 0.6) is 5.75 Å². The Balaban J connectivity index is 1.50. The van der Waals surface area contributed by atoms with E-state index in [0.29, 0.717) is 6.04 Å². The summed E-state index contributed by atoms with van der Waals surface area (Å²) in [5, 5.41) is 7.51. The van der Waals surface area contributed by atoms with E-state index in [1.165, 1.54) is 25.7 Å². The van der Waals surface area contributed by atoms with Crippen molar-refractivity contribution in [3.05, 3.63) is 24.3 Å². The SMILES string of the molecule is CC(C)Oc1ccc(NC(=S)NC2CC3CCC2C3)cc1. The summed E-state index contributed by atoms with van der Waals surface area (Å²) >= 11 is 5.44. The van der Waals surface area contributed by atoms with Crippen molar-refractivity contribution in [2.45, 2.75) is 51.7 Å². The average Bonchev–Trinajstić information content (AvgIpc) is 3.02. The lowest BCUT2D eigenvalue weighted by molar-refractivity contribution is 0.242. The molecule has 0 aromatic heterocycles. The van der Waals surface area contributed by atoms with Gasteiger partial charge in [0.05, 0.1) is 6.10 Å². The van der Waals surface area contributed by atoms with Crippen LogP contribution < -0.4 is 15.4 Å². The standard InChI is InChI=1S/C17H24N2OS/c1-11(2)20-15-7-5-14(6-8-15)18-17(21)19-16-10-12-3-4-13(16)9-12/h5-8,11-13,16H,3-4,9-10H2,1-2H3,(H2,18,19,21). The Labute approximate surface area is 132 Å². The van der Waals surface area contributed by atoms with Gasteiger partial charge in [-0.25, -0.2) is 0 Å². The summed E-state index contributed by atoms with van der Waals surface area (Å²) in [5.41, 5.74) is 1.01. The second-order valence-electron chi connectivity index (χ2n) is 6.57. The molecule has 3 unspecified atom stereocenters. The summed E-state index contributed by atoms with van der Waals surface area (Å²) in [6.07, 6.45) is 5.66. The Kier molecular flexibility index (Phi) is 4.34. The molecule has 2 saturated carbocycles. The highest BCUT2D eigenvalue weighted by atomic mass is 32.1. The molecule has 114 valence electrons. The third-order valence-corrected chi connectivity index (χ3v) is 4.76. The normalized spacial score (nSPS) is 26.9. The first kappa shape index (κ1) is 14.6. The average molecular weight is 304 g/mol. The first-order valence-corrected chi connectivity index (χ1v) is 8.35. The van der Waals surface area contributed by atoms with Crippen LogP contribution in [-0.2, 0) is 0 Å². The van der Waals surface area contributed by atoms with Gasteiger partial charge in [-0.05, 0) is 81.4 Å². The van der Waals surface area contributed by atoms with Crippen molar-refractivity contribution in [1.82, 2.24) is 5.32 Å². The minimum absolute atomic E-state index is 0.198. The molecule has 3 rings (SSSR count). The zero-order valence-corrected chi connectivity index (χ0v) is 13.6. The number of ether oxygens (including phenoxy) is 1. The van der Waals surface area contributed by atoms with Crippen molar-refractivity contribution in [3.8, 4) is 5.75 Å². The highest BCUT2D eigenvalue weighted by molar-refractivity contribution is 7.80. The second kappa shape index (κ2) is 6.22. The van der Waals surface area contributed by atoms with Crippen LogP contribution >= 0.6 is 12.2 Å². The fraction of sp³-hybridized carbons (Fsp3) is 0.588. The summed E-state index contributed by atoms with van der Waals surface area (Å²) in [6.45, 7) is 4.06. The van der Waals surface area contributed by atoms with E-state index in [-0.39, 0.29) is 6.10 Å². The molecule has 21 heavy (non-hydrogen) atoms. The van der Waals surface area contributed by atoms with Crippen LogP contribution in [0, 0.1) is 11.8 Å². The topological polar surface area (TPSA) is 33.3 Å². The number of benzene rings is 1. The molecule has 0 spiro atoms. The number of fused-ring (bicyclic) bond motifs is 2. The summed E-state index contributed by atoms with van der Waals surface area (Å²) in [7, 11) is 0. The van der Waals surface area contributed by atoms with Gasteiger partial charge in [-0.15, -0.1) is 0 Å². The maximum absolute atomic E-state index is 5.64. The van der Waals surface area contributed by atoms with E-state index < -0.39 is 0 Å². The van der Waals surface area contributed by atoms with Crippen molar-refractivity contribution < 1.29 is 4.74 Å². The number of hydrogen-bond acceptors (Lipinski definition) is 2. The number of nitrogens with one attached hydrogen (secondary N) is 2. The van der Waals surface area contributed by atoms with Gasteiger partial charge in [-0.1, -0.05) is 6.42 Å². The van der Waals surface area contributed by atoms with Crippen molar-refractivity contribution in [3.63, 3.8) is 0 Å². The zero-order valence-electron chi connectivity index (χ0n) is 12.8. The highest BCUT2D eigenvalue weighted by Gasteiger charge is 2.39. The van der Waals surface area contributed by atoms with Gasteiger partial charge in [0.15, 0.2) is 5.11 Å².